The minimum atomic E-state index is -3.35. The van der Waals surface area contributed by atoms with Crippen molar-refractivity contribution in [2.45, 2.75) is 30.4 Å². The van der Waals surface area contributed by atoms with Crippen molar-refractivity contribution in [1.29, 1.82) is 0 Å². The molecule has 1 saturated heterocycles. The minimum absolute atomic E-state index is 0.109. The molecule has 3 aliphatic rings. The zero-order valence-corrected chi connectivity index (χ0v) is 18.6. The maximum atomic E-state index is 13.5. The number of nitrogens with one attached hydrogen (secondary N) is 2. The molecule has 4 unspecified atom stereocenters. The van der Waals surface area contributed by atoms with Gasteiger partial charge in [-0.3, -0.25) is 9.59 Å². The SMILES string of the molecule is O=C(NC1CCOC1C(=O)NCC1C(C(=O)O)C1(F)F)OCC1c2ccccc2-c2ccccc21. The maximum Gasteiger partial charge on any atom is 0.407 e. The van der Waals surface area contributed by atoms with Gasteiger partial charge in [0.25, 0.3) is 11.8 Å². The lowest BCUT2D eigenvalue weighted by Crippen LogP contribution is -2.49. The summed E-state index contributed by atoms with van der Waals surface area (Å²) < 4.78 is 38.0. The summed E-state index contributed by atoms with van der Waals surface area (Å²) in [6.07, 6.45) is -1.44. The average Bonchev–Trinajstić information content (AvgIpc) is 3.13. The smallest absolute Gasteiger partial charge is 0.407 e. The number of rotatable bonds is 7. The van der Waals surface area contributed by atoms with Crippen LogP contribution in [0.5, 0.6) is 0 Å². The van der Waals surface area contributed by atoms with Gasteiger partial charge < -0.3 is 25.2 Å². The highest BCUT2D eigenvalue weighted by Gasteiger charge is 2.72. The van der Waals surface area contributed by atoms with E-state index in [0.717, 1.165) is 22.3 Å². The number of alkyl halides is 2. The molecule has 1 heterocycles. The van der Waals surface area contributed by atoms with Gasteiger partial charge in [0.05, 0.1) is 12.0 Å². The van der Waals surface area contributed by atoms with Gasteiger partial charge in [0.2, 0.25) is 0 Å². The van der Waals surface area contributed by atoms with E-state index < -0.39 is 54.4 Å². The molecule has 2 amide bonds. The highest BCUT2D eigenvalue weighted by Crippen LogP contribution is 2.54. The van der Waals surface area contributed by atoms with E-state index in [1.165, 1.54) is 0 Å². The number of fused-ring (bicyclic) bond motifs is 3. The topological polar surface area (TPSA) is 114 Å². The summed E-state index contributed by atoms with van der Waals surface area (Å²) in [5.74, 6) is -9.01. The molecule has 8 nitrogen and oxygen atoms in total. The molecule has 3 N–H and O–H groups in total. The van der Waals surface area contributed by atoms with Gasteiger partial charge in [0.1, 0.15) is 12.5 Å². The van der Waals surface area contributed by atoms with Crippen LogP contribution in [0.3, 0.4) is 0 Å². The first-order chi connectivity index (χ1) is 16.8. The molecule has 0 radical (unpaired) electrons. The van der Waals surface area contributed by atoms with Crippen molar-refractivity contribution in [3.05, 3.63) is 59.7 Å². The van der Waals surface area contributed by atoms with E-state index in [1.54, 1.807) is 0 Å². The lowest BCUT2D eigenvalue weighted by molar-refractivity contribution is -0.141. The van der Waals surface area contributed by atoms with Gasteiger partial charge in [0, 0.05) is 19.1 Å². The van der Waals surface area contributed by atoms with Gasteiger partial charge in [-0.1, -0.05) is 48.5 Å². The molecule has 4 atom stereocenters. The van der Waals surface area contributed by atoms with Crippen molar-refractivity contribution in [3.63, 3.8) is 0 Å². The van der Waals surface area contributed by atoms with Crippen molar-refractivity contribution in [2.24, 2.45) is 11.8 Å². The second-order valence-electron chi connectivity index (χ2n) is 9.00. The molecule has 0 bridgehead atoms. The molecule has 10 heteroatoms. The molecule has 35 heavy (non-hydrogen) atoms. The summed E-state index contributed by atoms with van der Waals surface area (Å²) in [4.78, 5) is 35.9. The second-order valence-corrected chi connectivity index (χ2v) is 9.00. The summed E-state index contributed by atoms with van der Waals surface area (Å²) in [5.41, 5.74) is 4.34. The maximum absolute atomic E-state index is 13.5. The zero-order chi connectivity index (χ0) is 24.7. The van der Waals surface area contributed by atoms with Crippen molar-refractivity contribution in [3.8, 4) is 11.1 Å². The van der Waals surface area contributed by atoms with E-state index >= 15 is 0 Å². The number of benzene rings is 2. The second kappa shape index (κ2) is 8.92. The number of amides is 2. The number of alkyl carbamates (subject to hydrolysis) is 1. The van der Waals surface area contributed by atoms with Crippen LogP contribution < -0.4 is 10.6 Å². The molecule has 0 spiro atoms. The standard InChI is InChI=1S/C25H24F2N2O6/c26-25(27)18(20(25)23(31)32)11-28-22(30)21-19(9-10-34-21)29-24(33)35-12-17-15-7-3-1-5-13(15)14-6-2-4-8-16(14)17/h1-8,17-21H,9-12H2,(H,28,30)(H,29,33)(H,31,32). The van der Waals surface area contributed by atoms with Crippen molar-refractivity contribution in [1.82, 2.24) is 10.6 Å². The lowest BCUT2D eigenvalue weighted by Gasteiger charge is -2.20. The molecule has 1 aliphatic heterocycles. The van der Waals surface area contributed by atoms with Crippen molar-refractivity contribution in [2.75, 3.05) is 19.8 Å². The van der Waals surface area contributed by atoms with E-state index in [1.807, 2.05) is 48.5 Å². The fraction of sp³-hybridized carbons (Fsp3) is 0.400. The summed E-state index contributed by atoms with van der Waals surface area (Å²) in [7, 11) is 0. The highest BCUT2D eigenvalue weighted by atomic mass is 19.3. The van der Waals surface area contributed by atoms with Crippen LogP contribution in [0.2, 0.25) is 0 Å². The predicted molar refractivity (Wildman–Crippen MR) is 119 cm³/mol. The first-order valence-electron chi connectivity index (χ1n) is 11.4. The van der Waals surface area contributed by atoms with E-state index in [0.29, 0.717) is 6.42 Å². The Hall–Kier alpha value is -3.53. The quantitative estimate of drug-likeness (QED) is 0.555. The molecule has 2 fully saturated rings. The monoisotopic (exact) mass is 486 g/mol. The third-order valence-corrected chi connectivity index (χ3v) is 6.96. The Morgan fingerprint density at radius 2 is 1.69 bits per heavy atom. The van der Waals surface area contributed by atoms with E-state index in [4.69, 9.17) is 14.6 Å². The van der Waals surface area contributed by atoms with Gasteiger partial charge in [0.15, 0.2) is 6.10 Å². The Morgan fingerprint density at radius 1 is 1.06 bits per heavy atom. The molecule has 184 valence electrons. The third-order valence-electron chi connectivity index (χ3n) is 6.96. The van der Waals surface area contributed by atoms with Crippen molar-refractivity contribution < 1.29 is 37.7 Å². The average molecular weight is 486 g/mol. The molecular weight excluding hydrogens is 462 g/mol. The molecule has 2 aliphatic carbocycles. The molecule has 0 aromatic heterocycles. The normalized spacial score (nSPS) is 25.9. The van der Waals surface area contributed by atoms with Crippen LogP contribution in [-0.2, 0) is 19.1 Å². The van der Waals surface area contributed by atoms with E-state index in [9.17, 15) is 23.2 Å². The number of hydrogen-bond acceptors (Lipinski definition) is 5. The van der Waals surface area contributed by atoms with E-state index in [2.05, 4.69) is 10.6 Å². The number of halogens is 2. The summed E-state index contributed by atoms with van der Waals surface area (Å²) in [5, 5.41) is 13.8. The Balaban J connectivity index is 1.15. The zero-order valence-electron chi connectivity index (χ0n) is 18.6. The molecular formula is C25H24F2N2O6. The highest BCUT2D eigenvalue weighted by molar-refractivity contribution is 5.83. The lowest BCUT2D eigenvalue weighted by atomic mass is 9.98. The largest absolute Gasteiger partial charge is 0.481 e. The van der Waals surface area contributed by atoms with Crippen LogP contribution in [0.25, 0.3) is 11.1 Å². The predicted octanol–water partition coefficient (Wildman–Crippen LogP) is 2.76. The van der Waals surface area contributed by atoms with Crippen LogP contribution in [-0.4, -0.2) is 60.9 Å². The summed E-state index contributed by atoms with van der Waals surface area (Å²) in [6.45, 7) is -0.179. The fourth-order valence-corrected chi connectivity index (χ4v) is 5.08. The number of carboxylic acids is 1. The number of carbonyl (C=O) groups excluding carboxylic acids is 2. The van der Waals surface area contributed by atoms with Crippen LogP contribution in [0, 0.1) is 11.8 Å². The first kappa shape index (κ1) is 23.2. The van der Waals surface area contributed by atoms with Crippen LogP contribution in [0.1, 0.15) is 23.5 Å². The van der Waals surface area contributed by atoms with Gasteiger partial charge in [-0.25, -0.2) is 13.6 Å². The summed E-state index contributed by atoms with van der Waals surface area (Å²) >= 11 is 0. The number of carbonyl (C=O) groups is 3. The molecule has 2 aromatic carbocycles. The fourth-order valence-electron chi connectivity index (χ4n) is 5.08. The number of carboxylic acid groups (broad SMARTS) is 1. The minimum Gasteiger partial charge on any atom is -0.481 e. The van der Waals surface area contributed by atoms with Crippen molar-refractivity contribution >= 4 is 18.0 Å². The van der Waals surface area contributed by atoms with Gasteiger partial charge in [-0.2, -0.15) is 0 Å². The Bertz CT molecular complexity index is 1130. The van der Waals surface area contributed by atoms with Crippen LogP contribution >= 0.6 is 0 Å². The van der Waals surface area contributed by atoms with Gasteiger partial charge in [-0.15, -0.1) is 0 Å². The number of hydrogen-bond donors (Lipinski definition) is 3. The number of aliphatic carboxylic acids is 1. The van der Waals surface area contributed by atoms with Crippen LogP contribution in [0.15, 0.2) is 48.5 Å². The molecule has 1 saturated carbocycles. The summed E-state index contributed by atoms with van der Waals surface area (Å²) in [6, 6.07) is 15.2. The van der Waals surface area contributed by atoms with Gasteiger partial charge >= 0.3 is 12.1 Å². The number of ether oxygens (including phenoxy) is 2. The Morgan fingerprint density at radius 3 is 2.29 bits per heavy atom. The molecule has 5 rings (SSSR count). The Labute approximate surface area is 199 Å². The Kier molecular flexibility index (Phi) is 5.92. The van der Waals surface area contributed by atoms with Crippen LogP contribution in [0.4, 0.5) is 13.6 Å². The third kappa shape index (κ3) is 4.22. The molecule has 2 aromatic rings. The van der Waals surface area contributed by atoms with E-state index in [-0.39, 0.29) is 19.1 Å². The van der Waals surface area contributed by atoms with Gasteiger partial charge in [-0.05, 0) is 28.7 Å². The first-order valence-corrected chi connectivity index (χ1v) is 11.4.